The zero-order chi connectivity index (χ0) is 14.0. The predicted molar refractivity (Wildman–Crippen MR) is 73.4 cm³/mol. The predicted octanol–water partition coefficient (Wildman–Crippen LogP) is 2.75. The molecule has 1 heterocycles. The van der Waals surface area contributed by atoms with E-state index in [2.05, 4.69) is 10.4 Å². The van der Waals surface area contributed by atoms with E-state index in [0.717, 1.165) is 5.56 Å². The van der Waals surface area contributed by atoms with Crippen LogP contribution < -0.4 is 5.32 Å². The maximum Gasteiger partial charge on any atom is 0.249 e. The molecule has 2 N–H and O–H groups in total. The van der Waals surface area contributed by atoms with Gasteiger partial charge in [-0.15, -0.1) is 0 Å². The fraction of sp³-hybridized carbons (Fsp3) is 0.231. The Morgan fingerprint density at radius 2 is 2.26 bits per heavy atom. The van der Waals surface area contributed by atoms with Crippen LogP contribution in [-0.2, 0) is 4.79 Å². The molecule has 0 radical (unpaired) electrons. The second kappa shape index (κ2) is 5.32. The number of aromatic nitrogens is 2. The molecule has 0 aliphatic heterocycles. The minimum Gasteiger partial charge on any atom is -0.506 e. The minimum absolute atomic E-state index is 0.0263. The Bertz CT molecular complexity index is 610. The summed E-state index contributed by atoms with van der Waals surface area (Å²) in [7, 11) is 0. The van der Waals surface area contributed by atoms with Crippen LogP contribution in [0.15, 0.2) is 30.6 Å². The summed E-state index contributed by atoms with van der Waals surface area (Å²) in [5.41, 5.74) is 1.26. The maximum absolute atomic E-state index is 12.1. The molecule has 0 fully saturated rings. The first-order valence-electron chi connectivity index (χ1n) is 5.77. The van der Waals surface area contributed by atoms with Crippen LogP contribution in [0.5, 0.6) is 5.75 Å². The van der Waals surface area contributed by atoms with Gasteiger partial charge < -0.3 is 10.4 Å². The molecule has 100 valence electrons. The highest BCUT2D eigenvalue weighted by molar-refractivity contribution is 6.31. The van der Waals surface area contributed by atoms with Crippen LogP contribution in [0.1, 0.15) is 18.5 Å². The summed E-state index contributed by atoms with van der Waals surface area (Å²) in [5.74, 6) is -0.303. The molecule has 2 aromatic rings. The van der Waals surface area contributed by atoms with E-state index in [1.165, 1.54) is 12.1 Å². The third kappa shape index (κ3) is 3.06. The van der Waals surface area contributed by atoms with Gasteiger partial charge in [-0.3, -0.25) is 9.48 Å². The van der Waals surface area contributed by atoms with Gasteiger partial charge in [0.2, 0.25) is 5.91 Å². The first kappa shape index (κ1) is 13.4. The molecule has 2 rings (SSSR count). The highest BCUT2D eigenvalue weighted by atomic mass is 35.5. The molecule has 19 heavy (non-hydrogen) atoms. The van der Waals surface area contributed by atoms with E-state index in [4.69, 9.17) is 11.6 Å². The first-order chi connectivity index (χ1) is 8.97. The van der Waals surface area contributed by atoms with Crippen LogP contribution >= 0.6 is 11.6 Å². The van der Waals surface area contributed by atoms with Gasteiger partial charge in [0.15, 0.2) is 0 Å². The van der Waals surface area contributed by atoms with Crippen molar-refractivity contribution in [2.24, 2.45) is 0 Å². The van der Waals surface area contributed by atoms with E-state index in [0.29, 0.717) is 5.02 Å². The van der Waals surface area contributed by atoms with E-state index < -0.39 is 6.04 Å². The number of phenols is 1. The molecule has 0 saturated carbocycles. The van der Waals surface area contributed by atoms with E-state index in [-0.39, 0.29) is 17.3 Å². The van der Waals surface area contributed by atoms with Crippen molar-refractivity contribution < 1.29 is 9.90 Å². The molecule has 6 heteroatoms. The number of carbonyl (C=O) groups is 1. The molecule has 0 aliphatic carbocycles. The number of halogens is 1. The first-order valence-corrected chi connectivity index (χ1v) is 6.15. The Kier molecular flexibility index (Phi) is 3.76. The van der Waals surface area contributed by atoms with Gasteiger partial charge >= 0.3 is 0 Å². The molecule has 0 aliphatic rings. The summed E-state index contributed by atoms with van der Waals surface area (Å²) < 4.78 is 1.56. The fourth-order valence-electron chi connectivity index (χ4n) is 1.61. The van der Waals surface area contributed by atoms with Crippen molar-refractivity contribution in [3.63, 3.8) is 0 Å². The summed E-state index contributed by atoms with van der Waals surface area (Å²) in [6.45, 7) is 3.63. The lowest BCUT2D eigenvalue weighted by molar-refractivity contribution is -0.119. The lowest BCUT2D eigenvalue weighted by Crippen LogP contribution is -2.24. The van der Waals surface area contributed by atoms with Crippen LogP contribution in [0, 0.1) is 6.92 Å². The smallest absolute Gasteiger partial charge is 0.249 e. The SMILES string of the molecule is Cc1cnn(C(C)C(=O)Nc2cc(Cl)ccc2O)c1. The van der Waals surface area contributed by atoms with E-state index >= 15 is 0 Å². The molecular weight excluding hydrogens is 266 g/mol. The molecule has 0 bridgehead atoms. The third-order valence-electron chi connectivity index (χ3n) is 2.72. The number of amides is 1. The van der Waals surface area contributed by atoms with Crippen molar-refractivity contribution in [2.45, 2.75) is 19.9 Å². The minimum atomic E-state index is -0.480. The number of aryl methyl sites for hydroxylation is 1. The quantitative estimate of drug-likeness (QED) is 0.849. The van der Waals surface area contributed by atoms with Gasteiger partial charge in [0.05, 0.1) is 11.9 Å². The topological polar surface area (TPSA) is 67.2 Å². The van der Waals surface area contributed by atoms with Crippen molar-refractivity contribution >= 4 is 23.2 Å². The summed E-state index contributed by atoms with van der Waals surface area (Å²) in [6, 6.07) is 4.00. The number of hydrogen-bond donors (Lipinski definition) is 2. The van der Waals surface area contributed by atoms with Gasteiger partial charge in [-0.05, 0) is 37.6 Å². The highest BCUT2D eigenvalue weighted by Gasteiger charge is 2.17. The lowest BCUT2D eigenvalue weighted by atomic mass is 10.2. The van der Waals surface area contributed by atoms with Gasteiger partial charge in [0, 0.05) is 11.2 Å². The monoisotopic (exact) mass is 279 g/mol. The number of carbonyl (C=O) groups excluding carboxylic acids is 1. The molecule has 1 amide bonds. The zero-order valence-corrected chi connectivity index (χ0v) is 11.3. The Morgan fingerprint density at radius 3 is 2.89 bits per heavy atom. The standard InChI is InChI=1S/C13H14ClN3O2/c1-8-6-15-17(7-8)9(2)13(19)16-11-5-10(14)3-4-12(11)18/h3-7,9,18H,1-2H3,(H,16,19). The van der Waals surface area contributed by atoms with Crippen molar-refractivity contribution in [3.8, 4) is 5.75 Å². The van der Waals surface area contributed by atoms with Crippen LogP contribution in [0.4, 0.5) is 5.69 Å². The van der Waals surface area contributed by atoms with Gasteiger partial charge in [-0.25, -0.2) is 0 Å². The number of benzene rings is 1. The molecule has 0 spiro atoms. The van der Waals surface area contributed by atoms with Crippen molar-refractivity contribution in [1.29, 1.82) is 0 Å². The lowest BCUT2D eigenvalue weighted by Gasteiger charge is -2.13. The average Bonchev–Trinajstić information content (AvgIpc) is 2.79. The molecule has 1 unspecified atom stereocenters. The van der Waals surface area contributed by atoms with Crippen LogP contribution in [0.25, 0.3) is 0 Å². The Labute approximate surface area is 115 Å². The van der Waals surface area contributed by atoms with E-state index in [9.17, 15) is 9.90 Å². The Balaban J connectivity index is 2.14. The van der Waals surface area contributed by atoms with E-state index in [1.54, 1.807) is 30.1 Å². The molecule has 1 atom stereocenters. The number of nitrogens with one attached hydrogen (secondary N) is 1. The molecular formula is C13H14ClN3O2. The molecule has 1 aromatic heterocycles. The van der Waals surface area contributed by atoms with Gasteiger partial charge in [-0.1, -0.05) is 11.6 Å². The highest BCUT2D eigenvalue weighted by Crippen LogP contribution is 2.27. The van der Waals surface area contributed by atoms with Crippen molar-refractivity contribution in [2.75, 3.05) is 5.32 Å². The number of anilines is 1. The fourth-order valence-corrected chi connectivity index (χ4v) is 1.78. The number of aromatic hydroxyl groups is 1. The van der Waals surface area contributed by atoms with Crippen molar-refractivity contribution in [1.82, 2.24) is 9.78 Å². The largest absolute Gasteiger partial charge is 0.506 e. The van der Waals surface area contributed by atoms with Gasteiger partial charge in [0.1, 0.15) is 11.8 Å². The maximum atomic E-state index is 12.1. The summed E-state index contributed by atoms with van der Waals surface area (Å²) >= 11 is 5.82. The normalized spacial score (nSPS) is 12.2. The number of hydrogen-bond acceptors (Lipinski definition) is 3. The second-order valence-electron chi connectivity index (χ2n) is 4.32. The summed E-state index contributed by atoms with van der Waals surface area (Å²) in [6.07, 6.45) is 3.46. The Hall–Kier alpha value is -2.01. The molecule has 1 aromatic carbocycles. The third-order valence-corrected chi connectivity index (χ3v) is 2.96. The summed E-state index contributed by atoms with van der Waals surface area (Å²) in [4.78, 5) is 12.1. The average molecular weight is 280 g/mol. The summed E-state index contributed by atoms with van der Waals surface area (Å²) in [5, 5.41) is 16.8. The molecule has 0 saturated heterocycles. The van der Waals surface area contributed by atoms with Gasteiger partial charge in [0.25, 0.3) is 0 Å². The zero-order valence-electron chi connectivity index (χ0n) is 10.6. The van der Waals surface area contributed by atoms with Gasteiger partial charge in [-0.2, -0.15) is 5.10 Å². The Morgan fingerprint density at radius 1 is 1.53 bits per heavy atom. The molecule has 5 nitrogen and oxygen atoms in total. The van der Waals surface area contributed by atoms with Crippen LogP contribution in [-0.4, -0.2) is 20.8 Å². The van der Waals surface area contributed by atoms with Crippen LogP contribution in [0.3, 0.4) is 0 Å². The number of rotatable bonds is 3. The van der Waals surface area contributed by atoms with E-state index in [1.807, 2.05) is 6.92 Å². The second-order valence-corrected chi connectivity index (χ2v) is 4.76. The number of phenolic OH excluding ortho intramolecular Hbond substituents is 1. The van der Waals surface area contributed by atoms with Crippen LogP contribution in [0.2, 0.25) is 5.02 Å². The number of nitrogens with zero attached hydrogens (tertiary/aromatic N) is 2. The van der Waals surface area contributed by atoms with Crippen molar-refractivity contribution in [3.05, 3.63) is 41.2 Å².